The van der Waals surface area contributed by atoms with E-state index in [1.807, 2.05) is 6.92 Å². The predicted molar refractivity (Wildman–Crippen MR) is 58.8 cm³/mol. The van der Waals surface area contributed by atoms with Crippen molar-refractivity contribution in [3.8, 4) is 0 Å². The first-order chi connectivity index (χ1) is 6.66. The number of rotatable bonds is 4. The summed E-state index contributed by atoms with van der Waals surface area (Å²) in [5.74, 6) is 3.04. The largest absolute Gasteiger partial charge is 0.494 e. The highest BCUT2D eigenvalue weighted by molar-refractivity contribution is 5.16. The Morgan fingerprint density at radius 3 is 2.64 bits per heavy atom. The molecular weight excluding hydrogens is 172 g/mol. The summed E-state index contributed by atoms with van der Waals surface area (Å²) in [4.78, 5) is 0. The van der Waals surface area contributed by atoms with E-state index in [-0.39, 0.29) is 0 Å². The lowest BCUT2D eigenvalue weighted by Gasteiger charge is -2.19. The zero-order chi connectivity index (χ0) is 10.1. The van der Waals surface area contributed by atoms with Crippen LogP contribution in [0.2, 0.25) is 0 Å². The Balaban J connectivity index is 1.80. The highest BCUT2D eigenvalue weighted by Crippen LogP contribution is 2.43. The zero-order valence-corrected chi connectivity index (χ0v) is 8.83. The summed E-state index contributed by atoms with van der Waals surface area (Å²) in [6, 6.07) is 0. The average Bonchev–Trinajstić information content (AvgIpc) is 2.74. The fourth-order valence-electron chi connectivity index (χ4n) is 2.42. The van der Waals surface area contributed by atoms with Gasteiger partial charge in [-0.1, -0.05) is 25.3 Å². The highest BCUT2D eigenvalue weighted by atomic mass is 16.5. The van der Waals surface area contributed by atoms with Crippen LogP contribution in [0.5, 0.6) is 0 Å². The molecule has 3 atom stereocenters. The molecule has 14 heavy (non-hydrogen) atoms. The molecule has 0 N–H and O–H groups in total. The van der Waals surface area contributed by atoms with Crippen LogP contribution in [0.15, 0.2) is 36.6 Å². The first-order valence-corrected chi connectivity index (χ1v) is 5.32. The van der Waals surface area contributed by atoms with Crippen LogP contribution in [-0.4, -0.2) is 6.61 Å². The van der Waals surface area contributed by atoms with E-state index in [1.165, 1.54) is 12.8 Å². The molecule has 0 spiro atoms. The first-order valence-electron chi connectivity index (χ1n) is 5.32. The molecule has 2 aliphatic carbocycles. The van der Waals surface area contributed by atoms with Crippen molar-refractivity contribution in [3.63, 3.8) is 0 Å². The average molecular weight is 190 g/mol. The molecule has 1 saturated carbocycles. The van der Waals surface area contributed by atoms with Crippen LogP contribution in [0.25, 0.3) is 0 Å². The minimum atomic E-state index is 0.709. The number of ether oxygens (including phenoxy) is 1. The molecule has 2 rings (SSSR count). The molecule has 0 aromatic heterocycles. The van der Waals surface area contributed by atoms with Gasteiger partial charge in [-0.15, -0.1) is 0 Å². The lowest BCUT2D eigenvalue weighted by atomic mass is 9.94. The minimum Gasteiger partial charge on any atom is -0.494 e. The van der Waals surface area contributed by atoms with Gasteiger partial charge in [0.05, 0.1) is 6.61 Å². The van der Waals surface area contributed by atoms with Gasteiger partial charge in [-0.2, -0.15) is 0 Å². The van der Waals surface area contributed by atoms with Crippen LogP contribution in [0.3, 0.4) is 0 Å². The lowest BCUT2D eigenvalue weighted by Crippen LogP contribution is -2.14. The number of allylic oxidation sites excluding steroid dienone is 3. The molecular formula is C13H18O. The summed E-state index contributed by atoms with van der Waals surface area (Å²) in [5, 5.41) is 0. The van der Waals surface area contributed by atoms with E-state index < -0.39 is 0 Å². The molecule has 0 amide bonds. The van der Waals surface area contributed by atoms with Crippen molar-refractivity contribution in [1.82, 2.24) is 0 Å². The van der Waals surface area contributed by atoms with Crippen molar-refractivity contribution in [2.75, 3.05) is 6.61 Å². The summed E-state index contributed by atoms with van der Waals surface area (Å²) in [6.45, 7) is 10.4. The molecule has 2 bridgehead atoms. The second-order valence-electron chi connectivity index (χ2n) is 4.55. The van der Waals surface area contributed by atoms with Crippen LogP contribution < -0.4 is 0 Å². The van der Waals surface area contributed by atoms with Gasteiger partial charge in [-0.05, 0) is 43.1 Å². The third-order valence-electron chi connectivity index (χ3n) is 3.36. The molecule has 0 saturated heterocycles. The lowest BCUT2D eigenvalue weighted by molar-refractivity contribution is 0.158. The van der Waals surface area contributed by atoms with E-state index in [9.17, 15) is 0 Å². The van der Waals surface area contributed by atoms with Gasteiger partial charge in [-0.25, -0.2) is 0 Å². The van der Waals surface area contributed by atoms with Gasteiger partial charge in [0, 0.05) is 0 Å². The minimum absolute atomic E-state index is 0.709. The van der Waals surface area contributed by atoms with Crippen LogP contribution in [0, 0.1) is 17.8 Å². The van der Waals surface area contributed by atoms with E-state index in [0.29, 0.717) is 5.92 Å². The third-order valence-corrected chi connectivity index (χ3v) is 3.36. The third kappa shape index (κ3) is 1.77. The predicted octanol–water partition coefficient (Wildman–Crippen LogP) is 3.31. The smallest absolute Gasteiger partial charge is 0.114 e. The molecule has 0 aromatic rings. The number of hydrogen-bond donors (Lipinski definition) is 0. The molecule has 0 aromatic carbocycles. The standard InChI is InChI=1S/C13H18O/c1-9(2)10(3)14-8-13-7-11-4-5-12(13)6-11/h4-5,11-13H,1,3,6-8H2,2H3. The molecule has 1 heteroatoms. The van der Waals surface area contributed by atoms with Gasteiger partial charge in [-0.3, -0.25) is 0 Å². The summed E-state index contributed by atoms with van der Waals surface area (Å²) >= 11 is 0. The van der Waals surface area contributed by atoms with Gasteiger partial charge in [0.25, 0.3) is 0 Å². The Kier molecular flexibility index (Phi) is 2.49. The summed E-state index contributed by atoms with van der Waals surface area (Å²) in [7, 11) is 0. The molecule has 0 heterocycles. The SMILES string of the molecule is C=C(C)C(=C)OCC1CC2C=CC1C2. The first kappa shape index (κ1) is 9.57. The van der Waals surface area contributed by atoms with E-state index in [0.717, 1.165) is 29.8 Å². The Morgan fingerprint density at radius 1 is 1.36 bits per heavy atom. The Labute approximate surface area is 86.2 Å². The van der Waals surface area contributed by atoms with Crippen molar-refractivity contribution in [1.29, 1.82) is 0 Å². The van der Waals surface area contributed by atoms with Gasteiger partial charge >= 0.3 is 0 Å². The molecule has 76 valence electrons. The maximum atomic E-state index is 5.61. The van der Waals surface area contributed by atoms with Crippen molar-refractivity contribution < 1.29 is 4.74 Å². The van der Waals surface area contributed by atoms with Crippen molar-refractivity contribution >= 4 is 0 Å². The molecule has 1 nitrogen and oxygen atoms in total. The van der Waals surface area contributed by atoms with E-state index in [1.54, 1.807) is 0 Å². The molecule has 2 aliphatic rings. The number of hydrogen-bond acceptors (Lipinski definition) is 1. The van der Waals surface area contributed by atoms with E-state index >= 15 is 0 Å². The van der Waals surface area contributed by atoms with Crippen LogP contribution >= 0.6 is 0 Å². The quantitative estimate of drug-likeness (QED) is 0.375. The van der Waals surface area contributed by atoms with Crippen LogP contribution in [-0.2, 0) is 4.74 Å². The number of fused-ring (bicyclic) bond motifs is 2. The molecule has 0 aliphatic heterocycles. The summed E-state index contributed by atoms with van der Waals surface area (Å²) in [6.07, 6.45) is 7.35. The van der Waals surface area contributed by atoms with Crippen molar-refractivity contribution in [2.24, 2.45) is 17.8 Å². The van der Waals surface area contributed by atoms with Crippen LogP contribution in [0.4, 0.5) is 0 Å². The molecule has 0 radical (unpaired) electrons. The zero-order valence-electron chi connectivity index (χ0n) is 8.83. The van der Waals surface area contributed by atoms with Gasteiger partial charge in [0.2, 0.25) is 0 Å². The van der Waals surface area contributed by atoms with Crippen LogP contribution in [0.1, 0.15) is 19.8 Å². The fraction of sp³-hybridized carbons (Fsp3) is 0.538. The van der Waals surface area contributed by atoms with E-state index in [2.05, 4.69) is 25.3 Å². The molecule has 3 unspecified atom stereocenters. The monoisotopic (exact) mass is 190 g/mol. The van der Waals surface area contributed by atoms with Gasteiger partial charge < -0.3 is 4.74 Å². The normalized spacial score (nSPS) is 33.4. The van der Waals surface area contributed by atoms with Gasteiger partial charge in [0.1, 0.15) is 5.76 Å². The Morgan fingerprint density at radius 2 is 2.14 bits per heavy atom. The molecule has 1 fully saturated rings. The fourth-order valence-corrected chi connectivity index (χ4v) is 2.42. The maximum Gasteiger partial charge on any atom is 0.114 e. The van der Waals surface area contributed by atoms with Gasteiger partial charge in [0.15, 0.2) is 0 Å². The Bertz CT molecular complexity index is 288. The summed E-state index contributed by atoms with van der Waals surface area (Å²) in [5.41, 5.74) is 0.934. The summed E-state index contributed by atoms with van der Waals surface area (Å²) < 4.78 is 5.61. The topological polar surface area (TPSA) is 9.23 Å². The highest BCUT2D eigenvalue weighted by Gasteiger charge is 2.35. The van der Waals surface area contributed by atoms with E-state index in [4.69, 9.17) is 4.74 Å². The maximum absolute atomic E-state index is 5.61. The second kappa shape index (κ2) is 3.64. The second-order valence-corrected chi connectivity index (χ2v) is 4.55. The Hall–Kier alpha value is -0.980. The van der Waals surface area contributed by atoms with Crippen molar-refractivity contribution in [3.05, 3.63) is 36.6 Å². The van der Waals surface area contributed by atoms with Crippen molar-refractivity contribution in [2.45, 2.75) is 19.8 Å².